The molecule has 8 nitrogen and oxygen atoms in total. The maximum atomic E-state index is 14.6. The Balaban J connectivity index is 1.82. The Morgan fingerprint density at radius 3 is 2.07 bits per heavy atom. The van der Waals surface area contributed by atoms with Crippen LogP contribution in [0.3, 0.4) is 0 Å². The van der Waals surface area contributed by atoms with Crippen LogP contribution < -0.4 is 14.4 Å². The quantitative estimate of drug-likeness (QED) is 0.170. The number of ether oxygens (including phenoxy) is 1. The molecule has 0 aliphatic heterocycles. The second kappa shape index (κ2) is 15.7. The van der Waals surface area contributed by atoms with Crippen LogP contribution in [-0.2, 0) is 32.6 Å². The highest BCUT2D eigenvalue weighted by molar-refractivity contribution is 9.10. The molecule has 45 heavy (non-hydrogen) atoms. The van der Waals surface area contributed by atoms with Crippen molar-refractivity contribution < 1.29 is 22.7 Å². The van der Waals surface area contributed by atoms with Gasteiger partial charge in [-0.15, -0.1) is 0 Å². The summed E-state index contributed by atoms with van der Waals surface area (Å²) < 4.78 is 35.8. The zero-order valence-electron chi connectivity index (χ0n) is 25.6. The zero-order valence-corrected chi connectivity index (χ0v) is 28.0. The minimum atomic E-state index is -4.22. The second-order valence-corrected chi connectivity index (χ2v) is 13.4. The van der Waals surface area contributed by atoms with Gasteiger partial charge in [0.15, 0.2) is 0 Å². The van der Waals surface area contributed by atoms with Gasteiger partial charge in [-0.2, -0.15) is 0 Å². The van der Waals surface area contributed by atoms with E-state index in [-0.39, 0.29) is 35.5 Å². The molecule has 0 bridgehead atoms. The number of para-hydroxylation sites is 2. The van der Waals surface area contributed by atoms with Crippen LogP contribution in [0.2, 0.25) is 0 Å². The van der Waals surface area contributed by atoms with Crippen LogP contribution in [-0.4, -0.2) is 50.9 Å². The SMILES string of the molecule is CC[C@@H](C)NC(=O)[C@@H](Cc1ccccc1)N(Cc1ccc(Br)cc1)C(=O)CN(c1ccccc1OC)S(=O)(=O)c1ccccc1. The Kier molecular flexibility index (Phi) is 11.8. The summed E-state index contributed by atoms with van der Waals surface area (Å²) in [6.07, 6.45) is 0.951. The van der Waals surface area contributed by atoms with Crippen LogP contribution in [0.4, 0.5) is 5.69 Å². The number of halogens is 1. The Morgan fingerprint density at radius 2 is 1.44 bits per heavy atom. The zero-order chi connectivity index (χ0) is 32.4. The monoisotopic (exact) mass is 691 g/mol. The number of nitrogens with zero attached hydrogens (tertiary/aromatic N) is 2. The molecule has 0 unspecified atom stereocenters. The lowest BCUT2D eigenvalue weighted by atomic mass is 10.0. The number of amides is 2. The van der Waals surface area contributed by atoms with E-state index in [1.807, 2.05) is 68.4 Å². The fraction of sp³-hybridized carbons (Fsp3) is 0.257. The van der Waals surface area contributed by atoms with Crippen LogP contribution >= 0.6 is 15.9 Å². The third-order valence-electron chi connectivity index (χ3n) is 7.50. The fourth-order valence-corrected chi connectivity index (χ4v) is 6.56. The molecular formula is C35H38BrN3O5S. The topological polar surface area (TPSA) is 96.0 Å². The summed E-state index contributed by atoms with van der Waals surface area (Å²) in [4.78, 5) is 30.0. The van der Waals surface area contributed by atoms with Crippen LogP contribution in [0.5, 0.6) is 5.75 Å². The summed E-state index contributed by atoms with van der Waals surface area (Å²) in [5.74, 6) is -0.559. The van der Waals surface area contributed by atoms with Gasteiger partial charge >= 0.3 is 0 Å². The third kappa shape index (κ3) is 8.73. The van der Waals surface area contributed by atoms with Gasteiger partial charge in [-0.05, 0) is 60.9 Å². The maximum Gasteiger partial charge on any atom is 0.264 e. The molecule has 236 valence electrons. The number of hydrogen-bond acceptors (Lipinski definition) is 5. The van der Waals surface area contributed by atoms with Gasteiger partial charge in [0.2, 0.25) is 11.8 Å². The molecule has 0 saturated heterocycles. The molecule has 4 rings (SSSR count). The van der Waals surface area contributed by atoms with Gasteiger partial charge < -0.3 is 15.0 Å². The van der Waals surface area contributed by atoms with Crippen molar-refractivity contribution in [2.75, 3.05) is 18.0 Å². The molecule has 1 N–H and O–H groups in total. The van der Waals surface area contributed by atoms with E-state index in [0.29, 0.717) is 12.2 Å². The number of sulfonamides is 1. The van der Waals surface area contributed by atoms with Gasteiger partial charge in [-0.25, -0.2) is 8.42 Å². The third-order valence-corrected chi connectivity index (χ3v) is 9.80. The molecule has 4 aromatic carbocycles. The standard InChI is InChI=1S/C35H38BrN3O5S/c1-4-26(2)37-35(41)32(23-27-13-7-5-8-14-27)38(24-28-19-21-29(36)22-20-28)34(40)25-39(31-17-11-12-18-33(31)44-3)45(42,43)30-15-9-6-10-16-30/h5-22,26,32H,4,23-25H2,1-3H3,(H,37,41)/t26-,32-/m1/s1. The van der Waals surface area contributed by atoms with Crippen molar-refractivity contribution in [1.82, 2.24) is 10.2 Å². The number of hydrogen-bond donors (Lipinski definition) is 1. The first-order valence-electron chi connectivity index (χ1n) is 14.7. The first-order chi connectivity index (χ1) is 21.6. The van der Waals surface area contributed by atoms with Crippen molar-refractivity contribution in [1.29, 1.82) is 0 Å². The lowest BCUT2D eigenvalue weighted by Gasteiger charge is -2.34. The van der Waals surface area contributed by atoms with Crippen LogP contribution in [0, 0.1) is 0 Å². The van der Waals surface area contributed by atoms with Gasteiger partial charge in [-0.3, -0.25) is 13.9 Å². The minimum absolute atomic E-state index is 0.0264. The Labute approximate surface area is 274 Å². The van der Waals surface area contributed by atoms with Gasteiger partial charge in [0.25, 0.3) is 10.0 Å². The Hall–Kier alpha value is -4.15. The first-order valence-corrected chi connectivity index (χ1v) is 17.0. The molecule has 0 heterocycles. The van der Waals surface area contributed by atoms with E-state index in [2.05, 4.69) is 21.2 Å². The van der Waals surface area contributed by atoms with Crippen LogP contribution in [0.1, 0.15) is 31.4 Å². The molecule has 4 aromatic rings. The number of benzene rings is 4. The number of methoxy groups -OCH3 is 1. The fourth-order valence-electron chi connectivity index (χ4n) is 4.85. The van der Waals surface area contributed by atoms with Crippen LogP contribution in [0.15, 0.2) is 119 Å². The molecule has 0 spiro atoms. The summed E-state index contributed by atoms with van der Waals surface area (Å²) in [5, 5.41) is 3.05. The van der Waals surface area contributed by atoms with Crippen molar-refractivity contribution in [3.8, 4) is 5.75 Å². The Bertz CT molecular complexity index is 1670. The lowest BCUT2D eigenvalue weighted by molar-refractivity contribution is -0.140. The van der Waals surface area contributed by atoms with Gasteiger partial charge in [0.05, 0.1) is 17.7 Å². The lowest BCUT2D eigenvalue weighted by Crippen LogP contribution is -2.54. The molecule has 0 fully saturated rings. The van der Waals surface area contributed by atoms with Crippen molar-refractivity contribution in [3.63, 3.8) is 0 Å². The summed E-state index contributed by atoms with van der Waals surface area (Å²) in [5.41, 5.74) is 1.87. The average Bonchev–Trinajstić information content (AvgIpc) is 3.06. The number of carbonyl (C=O) groups excluding carboxylic acids is 2. The van der Waals surface area contributed by atoms with Crippen molar-refractivity contribution in [3.05, 3.63) is 125 Å². The molecule has 0 aliphatic rings. The predicted octanol–water partition coefficient (Wildman–Crippen LogP) is 6.21. The summed E-state index contributed by atoms with van der Waals surface area (Å²) in [6, 6.07) is 30.5. The first kappa shape index (κ1) is 33.7. The largest absolute Gasteiger partial charge is 0.495 e. The molecule has 2 atom stereocenters. The second-order valence-electron chi connectivity index (χ2n) is 10.7. The van der Waals surface area contributed by atoms with Crippen molar-refractivity contribution in [2.45, 2.75) is 50.2 Å². The summed E-state index contributed by atoms with van der Waals surface area (Å²) >= 11 is 3.46. The minimum Gasteiger partial charge on any atom is -0.495 e. The molecule has 0 saturated carbocycles. The highest BCUT2D eigenvalue weighted by Crippen LogP contribution is 2.32. The van der Waals surface area contributed by atoms with Crippen LogP contribution in [0.25, 0.3) is 0 Å². The van der Waals surface area contributed by atoms with Crippen molar-refractivity contribution in [2.24, 2.45) is 0 Å². The van der Waals surface area contributed by atoms with Gasteiger partial charge in [0, 0.05) is 23.5 Å². The highest BCUT2D eigenvalue weighted by Gasteiger charge is 2.35. The smallest absolute Gasteiger partial charge is 0.264 e. The molecule has 10 heteroatoms. The normalized spacial score (nSPS) is 12.5. The van der Waals surface area contributed by atoms with E-state index in [1.54, 1.807) is 42.5 Å². The van der Waals surface area contributed by atoms with E-state index in [9.17, 15) is 18.0 Å². The Morgan fingerprint density at radius 1 is 0.844 bits per heavy atom. The van der Waals surface area contributed by atoms with E-state index < -0.39 is 28.5 Å². The number of rotatable bonds is 14. The van der Waals surface area contributed by atoms with Gasteiger partial charge in [-0.1, -0.05) is 95.7 Å². The summed E-state index contributed by atoms with van der Waals surface area (Å²) in [6.45, 7) is 3.41. The van der Waals surface area contributed by atoms with E-state index in [0.717, 1.165) is 19.9 Å². The van der Waals surface area contributed by atoms with E-state index >= 15 is 0 Å². The maximum absolute atomic E-state index is 14.6. The van der Waals surface area contributed by atoms with E-state index in [4.69, 9.17) is 4.74 Å². The highest BCUT2D eigenvalue weighted by atomic mass is 79.9. The van der Waals surface area contributed by atoms with Gasteiger partial charge in [0.1, 0.15) is 18.3 Å². The predicted molar refractivity (Wildman–Crippen MR) is 180 cm³/mol. The number of nitrogens with one attached hydrogen (secondary N) is 1. The van der Waals surface area contributed by atoms with E-state index in [1.165, 1.54) is 24.1 Å². The van der Waals surface area contributed by atoms with Crippen molar-refractivity contribution >= 4 is 43.5 Å². The average molecular weight is 693 g/mol. The number of anilines is 1. The molecule has 2 amide bonds. The summed E-state index contributed by atoms with van der Waals surface area (Å²) in [7, 11) is -2.78. The molecule has 0 aliphatic carbocycles. The molecule has 0 radical (unpaired) electrons. The number of carbonyl (C=O) groups is 2. The molecule has 0 aromatic heterocycles. The molecular weight excluding hydrogens is 654 g/mol.